The van der Waals surface area contributed by atoms with Gasteiger partial charge < -0.3 is 10.2 Å². The van der Waals surface area contributed by atoms with Crippen molar-refractivity contribution in [1.29, 1.82) is 0 Å². The average Bonchev–Trinajstić information content (AvgIpc) is 3.58. The van der Waals surface area contributed by atoms with Gasteiger partial charge in [-0.3, -0.25) is 9.69 Å². The molecule has 2 aromatic heterocycles. The number of aldehydes is 1. The molecule has 7 nitrogen and oxygen atoms in total. The Labute approximate surface area is 230 Å². The van der Waals surface area contributed by atoms with Crippen LogP contribution in [0.3, 0.4) is 0 Å². The van der Waals surface area contributed by atoms with E-state index in [4.69, 9.17) is 33.0 Å². The van der Waals surface area contributed by atoms with Crippen LogP contribution < -0.4 is 5.32 Å². The molecule has 0 bridgehead atoms. The Kier molecular flexibility index (Phi) is 7.90. The van der Waals surface area contributed by atoms with Gasteiger partial charge in [-0.15, -0.1) is 11.3 Å². The van der Waals surface area contributed by atoms with Crippen LogP contribution in [0.4, 0.5) is 19.0 Å². The van der Waals surface area contributed by atoms with Crippen molar-refractivity contribution in [2.24, 2.45) is 5.16 Å². The first-order valence-corrected chi connectivity index (χ1v) is 13.5. The highest BCUT2D eigenvalue weighted by Crippen LogP contribution is 2.39. The van der Waals surface area contributed by atoms with Gasteiger partial charge in [0.15, 0.2) is 12.4 Å². The summed E-state index contributed by atoms with van der Waals surface area (Å²) in [5.74, 6) is 0.427. The van der Waals surface area contributed by atoms with Crippen molar-refractivity contribution in [2.75, 3.05) is 18.4 Å². The molecule has 1 N–H and O–H groups in total. The van der Waals surface area contributed by atoms with Gasteiger partial charge in [-0.2, -0.15) is 13.2 Å². The van der Waals surface area contributed by atoms with Crippen LogP contribution in [0.5, 0.6) is 0 Å². The van der Waals surface area contributed by atoms with Crippen molar-refractivity contribution in [3.8, 4) is 0 Å². The molecule has 0 aliphatic carbocycles. The van der Waals surface area contributed by atoms with Crippen LogP contribution in [0.15, 0.2) is 47.1 Å². The molecular formula is C25H22Cl2F3N5O2S. The van der Waals surface area contributed by atoms with E-state index in [9.17, 15) is 18.0 Å². The number of likely N-dealkylation sites (tertiary alicyclic amines) is 1. The minimum Gasteiger partial charge on any atom is -0.387 e. The Balaban J connectivity index is 1.17. The molecule has 4 heterocycles. The third kappa shape index (κ3) is 5.80. The highest BCUT2D eigenvalue weighted by molar-refractivity contribution is 7.10. The topological polar surface area (TPSA) is 79.7 Å². The van der Waals surface area contributed by atoms with Gasteiger partial charge in [-0.05, 0) is 37.1 Å². The largest absolute Gasteiger partial charge is 0.417 e. The van der Waals surface area contributed by atoms with E-state index >= 15 is 0 Å². The second-order valence-corrected chi connectivity index (χ2v) is 10.7. The lowest BCUT2D eigenvalue weighted by atomic mass is 9.97. The molecule has 0 spiro atoms. The summed E-state index contributed by atoms with van der Waals surface area (Å²) in [6.45, 7) is 1.24. The number of hydrogen-bond acceptors (Lipinski definition) is 8. The normalized spacial score (nSPS) is 19.6. The Hall–Kier alpha value is -2.73. The van der Waals surface area contributed by atoms with Crippen molar-refractivity contribution in [2.45, 2.75) is 43.6 Å². The summed E-state index contributed by atoms with van der Waals surface area (Å²) >= 11 is 14.2. The van der Waals surface area contributed by atoms with Crippen LogP contribution in [-0.2, 0) is 15.8 Å². The first-order valence-electron chi connectivity index (χ1n) is 11.8. The second kappa shape index (κ2) is 11.2. The number of pyridine rings is 1. The number of nitrogens with one attached hydrogen (secondary N) is 1. The number of alkyl halides is 3. The average molecular weight is 584 g/mol. The molecule has 1 saturated heterocycles. The van der Waals surface area contributed by atoms with Gasteiger partial charge in [-0.1, -0.05) is 34.4 Å². The number of carbonyl (C=O) groups is 1. The molecule has 2 unspecified atom stereocenters. The lowest BCUT2D eigenvalue weighted by Crippen LogP contribution is -2.46. The highest BCUT2D eigenvalue weighted by Gasteiger charge is 2.32. The smallest absolute Gasteiger partial charge is 0.387 e. The number of thiazole rings is 1. The maximum atomic E-state index is 12.8. The summed E-state index contributed by atoms with van der Waals surface area (Å²) in [7, 11) is 0. The fourth-order valence-corrected chi connectivity index (χ4v) is 6.19. The number of piperidine rings is 1. The van der Waals surface area contributed by atoms with Crippen molar-refractivity contribution >= 4 is 52.4 Å². The van der Waals surface area contributed by atoms with Gasteiger partial charge in [-0.25, -0.2) is 9.97 Å². The third-order valence-electron chi connectivity index (χ3n) is 6.60. The van der Waals surface area contributed by atoms with Crippen LogP contribution >= 0.6 is 34.5 Å². The van der Waals surface area contributed by atoms with Crippen molar-refractivity contribution in [3.05, 3.63) is 73.8 Å². The van der Waals surface area contributed by atoms with Crippen molar-refractivity contribution in [3.63, 3.8) is 0 Å². The molecule has 1 fully saturated rings. The van der Waals surface area contributed by atoms with Crippen molar-refractivity contribution in [1.82, 2.24) is 14.9 Å². The molecule has 2 atom stereocenters. The summed E-state index contributed by atoms with van der Waals surface area (Å²) in [4.78, 5) is 27.9. The third-order valence-corrected chi connectivity index (χ3v) is 8.26. The van der Waals surface area contributed by atoms with Gasteiger partial charge in [0, 0.05) is 52.6 Å². The predicted molar refractivity (Wildman–Crippen MR) is 140 cm³/mol. The maximum Gasteiger partial charge on any atom is 0.417 e. The van der Waals surface area contributed by atoms with Crippen LogP contribution in [0.2, 0.25) is 10.0 Å². The molecule has 5 rings (SSSR count). The van der Waals surface area contributed by atoms with E-state index in [0.717, 1.165) is 47.8 Å². The number of halogens is 5. The molecular weight excluding hydrogens is 562 g/mol. The van der Waals surface area contributed by atoms with Crippen molar-refractivity contribution < 1.29 is 22.8 Å². The van der Waals surface area contributed by atoms with E-state index in [0.29, 0.717) is 35.1 Å². The van der Waals surface area contributed by atoms with Gasteiger partial charge >= 0.3 is 6.18 Å². The van der Waals surface area contributed by atoms with Gasteiger partial charge in [0.1, 0.15) is 17.7 Å². The monoisotopic (exact) mass is 583 g/mol. The van der Waals surface area contributed by atoms with E-state index in [1.807, 2.05) is 10.3 Å². The Morgan fingerprint density at radius 2 is 1.89 bits per heavy atom. The number of oxime groups is 1. The number of nitrogens with zero attached hydrogens (tertiary/aromatic N) is 4. The quantitative estimate of drug-likeness (QED) is 0.318. The highest BCUT2D eigenvalue weighted by atomic mass is 35.5. The fraction of sp³-hybridized carbons (Fsp3) is 0.360. The Morgan fingerprint density at radius 3 is 2.53 bits per heavy atom. The van der Waals surface area contributed by atoms with Gasteiger partial charge in [0.2, 0.25) is 0 Å². The number of benzene rings is 1. The molecule has 200 valence electrons. The summed E-state index contributed by atoms with van der Waals surface area (Å²) in [5.41, 5.74) is 1.37. The predicted octanol–water partition coefficient (Wildman–Crippen LogP) is 6.55. The van der Waals surface area contributed by atoms with E-state index in [-0.39, 0.29) is 17.8 Å². The number of anilines is 1. The summed E-state index contributed by atoms with van der Waals surface area (Å²) < 4.78 is 38.3. The van der Waals surface area contributed by atoms with E-state index in [1.165, 1.54) is 6.07 Å². The van der Waals surface area contributed by atoms with Crippen LogP contribution in [0, 0.1) is 0 Å². The van der Waals surface area contributed by atoms with E-state index in [2.05, 4.69) is 15.5 Å². The molecule has 1 aromatic carbocycles. The first kappa shape index (κ1) is 26.9. The number of carbonyl (C=O) groups excluding carboxylic acids is 1. The zero-order chi connectivity index (χ0) is 26.9. The molecule has 0 amide bonds. The molecule has 2 aliphatic heterocycles. The van der Waals surface area contributed by atoms with Crippen LogP contribution in [0.1, 0.15) is 53.1 Å². The molecule has 0 saturated carbocycles. The minimum atomic E-state index is -4.46. The lowest BCUT2D eigenvalue weighted by Gasteiger charge is -2.35. The summed E-state index contributed by atoms with van der Waals surface area (Å²) in [5, 5.41) is 11.2. The van der Waals surface area contributed by atoms with Crippen LogP contribution in [0.25, 0.3) is 0 Å². The summed E-state index contributed by atoms with van der Waals surface area (Å²) in [6.07, 6.45) is -1.97. The first-order chi connectivity index (χ1) is 18.2. The molecule has 38 heavy (non-hydrogen) atoms. The number of rotatable bonds is 7. The minimum absolute atomic E-state index is 0.206. The van der Waals surface area contributed by atoms with Gasteiger partial charge in [0.25, 0.3) is 0 Å². The number of aromatic nitrogens is 2. The second-order valence-electron chi connectivity index (χ2n) is 9.01. The molecule has 2 aliphatic rings. The van der Waals surface area contributed by atoms with E-state index < -0.39 is 17.9 Å². The molecule has 0 radical (unpaired) electrons. The molecule has 3 aromatic rings. The summed E-state index contributed by atoms with van der Waals surface area (Å²) in [6, 6.07) is 7.48. The van der Waals surface area contributed by atoms with E-state index in [1.54, 1.807) is 29.5 Å². The maximum absolute atomic E-state index is 12.8. The zero-order valence-electron chi connectivity index (χ0n) is 19.8. The Bertz CT molecular complexity index is 1310. The van der Waals surface area contributed by atoms with Gasteiger partial charge in [0.05, 0.1) is 16.3 Å². The molecule has 13 heteroatoms. The number of hydrogen-bond donors (Lipinski definition) is 1. The Morgan fingerprint density at radius 1 is 1.16 bits per heavy atom. The lowest BCUT2D eigenvalue weighted by molar-refractivity contribution is -0.137. The fourth-order valence-electron chi connectivity index (χ4n) is 4.54. The zero-order valence-corrected chi connectivity index (χ0v) is 22.1. The SMILES string of the molecule is O=CC(Nc1ccc(C(F)(F)F)cn1)N1CCC(c2nc(C3=NOC(c4c(Cl)cccc4Cl)C3)cs2)CC1. The standard InChI is InChI=1S/C25H22Cl2F3N5O2S/c26-16-2-1-3-17(27)23(16)20-10-18(34-37-20)19-13-38-24(32-19)14-6-8-35(9-7-14)22(12-36)33-21-5-4-15(11-31-21)25(28,29)30/h1-5,11-14,20,22H,6-10H2,(H,31,33). The van der Waals surface area contributed by atoms with Crippen LogP contribution in [-0.4, -0.2) is 46.1 Å².